The zero-order valence-electron chi connectivity index (χ0n) is 18.5. The van der Waals surface area contributed by atoms with Crippen LogP contribution in [0.4, 0.5) is 5.95 Å². The monoisotopic (exact) mass is 446 g/mol. The third kappa shape index (κ3) is 5.87. The van der Waals surface area contributed by atoms with Gasteiger partial charge in [-0.1, -0.05) is 17.7 Å². The van der Waals surface area contributed by atoms with Gasteiger partial charge in [0.1, 0.15) is 0 Å². The molecule has 0 amide bonds. The van der Waals surface area contributed by atoms with Crippen molar-refractivity contribution in [3.05, 3.63) is 47.8 Å². The van der Waals surface area contributed by atoms with E-state index in [1.807, 2.05) is 6.92 Å². The third-order valence-corrected chi connectivity index (χ3v) is 6.86. The predicted molar refractivity (Wildman–Crippen MR) is 119 cm³/mol. The van der Waals surface area contributed by atoms with Crippen LogP contribution >= 0.6 is 0 Å². The molecular formula is C22H30N4O4S. The first kappa shape index (κ1) is 23.3. The molecule has 9 heteroatoms. The molecule has 2 heterocycles. The quantitative estimate of drug-likeness (QED) is 0.347. The molecule has 2 atom stereocenters. The summed E-state index contributed by atoms with van der Waals surface area (Å²) in [6.07, 6.45) is 3.75. The second-order valence-electron chi connectivity index (χ2n) is 8.11. The Morgan fingerprint density at radius 1 is 1.10 bits per heavy atom. The standard InChI is InChI=1S/C22H30N4O4S/c1-16-6-8-21(9-7-16)31(28,29)30-11-5-10-26-17(2)14-25(15-18(26)3)22-23-12-20(13-24-22)19(4)27/h6-9,12-13,17-18H,5,10-11,14-15H2,1-4H3/t17-,18+. The van der Waals surface area contributed by atoms with E-state index in [0.29, 0.717) is 17.9 Å². The number of anilines is 1. The van der Waals surface area contributed by atoms with E-state index in [-0.39, 0.29) is 29.4 Å². The number of carbonyl (C=O) groups excluding carboxylic acids is 1. The van der Waals surface area contributed by atoms with E-state index in [4.69, 9.17) is 4.18 Å². The van der Waals surface area contributed by atoms with Crippen molar-refractivity contribution < 1.29 is 17.4 Å². The van der Waals surface area contributed by atoms with Gasteiger partial charge in [0.2, 0.25) is 5.95 Å². The Morgan fingerprint density at radius 2 is 1.68 bits per heavy atom. The van der Waals surface area contributed by atoms with Gasteiger partial charge in [-0.3, -0.25) is 13.9 Å². The second kappa shape index (κ2) is 9.84. The maximum Gasteiger partial charge on any atom is 0.296 e. The Hall–Kier alpha value is -2.36. The highest BCUT2D eigenvalue weighted by atomic mass is 32.2. The van der Waals surface area contributed by atoms with E-state index in [1.165, 1.54) is 6.92 Å². The number of piperazine rings is 1. The molecule has 1 aromatic heterocycles. The summed E-state index contributed by atoms with van der Waals surface area (Å²) in [5.41, 5.74) is 1.50. The third-order valence-electron chi connectivity index (χ3n) is 5.54. The van der Waals surface area contributed by atoms with Crippen molar-refractivity contribution in [1.82, 2.24) is 14.9 Å². The molecule has 3 rings (SSSR count). The topological polar surface area (TPSA) is 92.7 Å². The van der Waals surface area contributed by atoms with Crippen LogP contribution in [0.3, 0.4) is 0 Å². The summed E-state index contributed by atoms with van der Waals surface area (Å²) in [4.78, 5) is 24.8. The predicted octanol–water partition coefficient (Wildman–Crippen LogP) is 2.68. The van der Waals surface area contributed by atoms with E-state index in [1.54, 1.807) is 36.7 Å². The lowest BCUT2D eigenvalue weighted by atomic mass is 10.1. The van der Waals surface area contributed by atoms with Gasteiger partial charge < -0.3 is 4.90 Å². The van der Waals surface area contributed by atoms with Gasteiger partial charge in [-0.2, -0.15) is 8.42 Å². The fraction of sp³-hybridized carbons (Fsp3) is 0.500. The van der Waals surface area contributed by atoms with Gasteiger partial charge >= 0.3 is 0 Å². The maximum absolute atomic E-state index is 12.3. The minimum Gasteiger partial charge on any atom is -0.338 e. The Balaban J connectivity index is 1.50. The zero-order chi connectivity index (χ0) is 22.6. The summed E-state index contributed by atoms with van der Waals surface area (Å²) < 4.78 is 29.8. The molecule has 1 aliphatic heterocycles. The molecule has 1 aliphatic rings. The summed E-state index contributed by atoms with van der Waals surface area (Å²) >= 11 is 0. The van der Waals surface area contributed by atoms with E-state index >= 15 is 0 Å². The van der Waals surface area contributed by atoms with Gasteiger partial charge in [-0.25, -0.2) is 9.97 Å². The molecule has 1 saturated heterocycles. The van der Waals surface area contributed by atoms with Gasteiger partial charge in [0.15, 0.2) is 5.78 Å². The summed E-state index contributed by atoms with van der Waals surface area (Å²) in [5.74, 6) is 0.570. The molecule has 0 N–H and O–H groups in total. The Kier molecular flexibility index (Phi) is 7.40. The lowest BCUT2D eigenvalue weighted by Crippen LogP contribution is -2.57. The number of aromatic nitrogens is 2. The lowest BCUT2D eigenvalue weighted by molar-refractivity contribution is 0.101. The molecule has 1 aromatic carbocycles. The average Bonchev–Trinajstić information content (AvgIpc) is 2.73. The molecule has 0 saturated carbocycles. The largest absolute Gasteiger partial charge is 0.338 e. The number of ketones is 1. The summed E-state index contributed by atoms with van der Waals surface area (Å²) in [6, 6.07) is 7.15. The molecule has 31 heavy (non-hydrogen) atoms. The van der Waals surface area contributed by atoms with Crippen LogP contribution in [0.25, 0.3) is 0 Å². The van der Waals surface area contributed by atoms with Crippen LogP contribution in [0.5, 0.6) is 0 Å². The fourth-order valence-electron chi connectivity index (χ4n) is 3.82. The summed E-state index contributed by atoms with van der Waals surface area (Å²) in [5, 5.41) is 0. The number of carbonyl (C=O) groups is 1. The molecule has 0 spiro atoms. The van der Waals surface area contributed by atoms with Crippen LogP contribution in [0.1, 0.15) is 43.1 Å². The summed E-state index contributed by atoms with van der Waals surface area (Å²) in [6.45, 7) is 10.1. The van der Waals surface area contributed by atoms with E-state index in [9.17, 15) is 13.2 Å². The highest BCUT2D eigenvalue weighted by molar-refractivity contribution is 7.86. The van der Waals surface area contributed by atoms with Crippen molar-refractivity contribution >= 4 is 21.8 Å². The average molecular weight is 447 g/mol. The van der Waals surface area contributed by atoms with Crippen molar-refractivity contribution in [2.45, 2.75) is 51.1 Å². The van der Waals surface area contributed by atoms with Crippen molar-refractivity contribution in [1.29, 1.82) is 0 Å². The number of benzene rings is 1. The van der Waals surface area contributed by atoms with Crippen molar-refractivity contribution in [3.8, 4) is 0 Å². The molecule has 168 valence electrons. The Labute approximate surface area is 184 Å². The number of Topliss-reactive ketones (excluding diaryl/α,β-unsaturated/α-hetero) is 1. The molecule has 0 unspecified atom stereocenters. The van der Waals surface area contributed by atoms with Gasteiger partial charge in [-0.15, -0.1) is 0 Å². The Bertz CT molecular complexity index is 981. The number of aryl methyl sites for hydroxylation is 1. The maximum atomic E-state index is 12.3. The van der Waals surface area contributed by atoms with E-state index in [0.717, 1.165) is 25.2 Å². The summed E-state index contributed by atoms with van der Waals surface area (Å²) in [7, 11) is -3.73. The molecule has 0 aliphatic carbocycles. The second-order valence-corrected chi connectivity index (χ2v) is 9.73. The van der Waals surface area contributed by atoms with E-state index in [2.05, 4.69) is 33.6 Å². The first-order valence-electron chi connectivity index (χ1n) is 10.5. The van der Waals surface area contributed by atoms with Gasteiger partial charge in [0.05, 0.1) is 17.1 Å². The molecule has 1 fully saturated rings. The number of rotatable bonds is 8. The van der Waals surface area contributed by atoms with Crippen molar-refractivity contribution in [3.63, 3.8) is 0 Å². The van der Waals surface area contributed by atoms with Crippen LogP contribution in [0.15, 0.2) is 41.6 Å². The SMILES string of the molecule is CC(=O)c1cnc(N2C[C@@H](C)N(CCCOS(=O)(=O)c3ccc(C)cc3)[C@@H](C)C2)nc1. The number of hydrogen-bond acceptors (Lipinski definition) is 8. The minimum atomic E-state index is -3.73. The zero-order valence-corrected chi connectivity index (χ0v) is 19.3. The Morgan fingerprint density at radius 3 is 2.23 bits per heavy atom. The highest BCUT2D eigenvalue weighted by Crippen LogP contribution is 2.20. The molecule has 0 radical (unpaired) electrons. The van der Waals surface area contributed by atoms with Gasteiger partial charge in [0, 0.05) is 44.1 Å². The van der Waals surface area contributed by atoms with Crippen LogP contribution in [0, 0.1) is 6.92 Å². The van der Waals surface area contributed by atoms with Gasteiger partial charge in [-0.05, 0) is 46.2 Å². The fourth-order valence-corrected chi connectivity index (χ4v) is 4.76. The number of nitrogens with zero attached hydrogens (tertiary/aromatic N) is 4. The van der Waals surface area contributed by atoms with Crippen LogP contribution in [0.2, 0.25) is 0 Å². The minimum absolute atomic E-state index is 0.0512. The van der Waals surface area contributed by atoms with Crippen LogP contribution in [-0.2, 0) is 14.3 Å². The van der Waals surface area contributed by atoms with E-state index < -0.39 is 10.1 Å². The van der Waals surface area contributed by atoms with Crippen molar-refractivity contribution in [2.75, 3.05) is 31.1 Å². The first-order chi connectivity index (χ1) is 14.7. The van der Waals surface area contributed by atoms with Crippen molar-refractivity contribution in [2.24, 2.45) is 0 Å². The van der Waals surface area contributed by atoms with Crippen LogP contribution in [-0.4, -0.2) is 67.4 Å². The van der Waals surface area contributed by atoms with Gasteiger partial charge in [0.25, 0.3) is 10.1 Å². The number of hydrogen-bond donors (Lipinski definition) is 0. The molecule has 2 aromatic rings. The molecule has 0 bridgehead atoms. The molecule has 8 nitrogen and oxygen atoms in total. The smallest absolute Gasteiger partial charge is 0.296 e. The first-order valence-corrected chi connectivity index (χ1v) is 11.9. The highest BCUT2D eigenvalue weighted by Gasteiger charge is 2.30. The normalized spacial score (nSPS) is 20.1. The van der Waals surface area contributed by atoms with Crippen LogP contribution < -0.4 is 4.90 Å². The molecular weight excluding hydrogens is 416 g/mol. The lowest BCUT2D eigenvalue weighted by Gasteiger charge is -2.44.